The van der Waals surface area contributed by atoms with Crippen LogP contribution in [0, 0.1) is 5.41 Å². The highest BCUT2D eigenvalue weighted by Gasteiger charge is 2.45. The SMILES string of the molecule is CC1(C(=O)N2CCN(c3ccccn3)CC2)CCCC1N. The van der Waals surface area contributed by atoms with Crippen LogP contribution in [0.4, 0.5) is 5.82 Å². The minimum absolute atomic E-state index is 0.0128. The third-order valence-corrected chi connectivity index (χ3v) is 5.06. The standard InChI is InChI=1S/C16H24N4O/c1-16(7-4-5-13(16)17)15(21)20-11-9-19(10-12-20)14-6-2-3-8-18-14/h2-3,6,8,13H,4-5,7,9-12,17H2,1H3. The second kappa shape index (κ2) is 5.64. The molecule has 2 atom stereocenters. The van der Waals surface area contributed by atoms with Gasteiger partial charge in [-0.25, -0.2) is 4.98 Å². The maximum atomic E-state index is 12.8. The molecule has 2 fully saturated rings. The van der Waals surface area contributed by atoms with Gasteiger partial charge < -0.3 is 15.5 Å². The summed E-state index contributed by atoms with van der Waals surface area (Å²) in [7, 11) is 0. The van der Waals surface area contributed by atoms with Gasteiger partial charge in [0.25, 0.3) is 0 Å². The molecule has 2 N–H and O–H groups in total. The minimum atomic E-state index is -0.354. The molecule has 1 amide bonds. The lowest BCUT2D eigenvalue weighted by atomic mass is 9.83. The summed E-state index contributed by atoms with van der Waals surface area (Å²) in [6, 6.07) is 5.95. The van der Waals surface area contributed by atoms with Crippen molar-refractivity contribution >= 4 is 11.7 Å². The summed E-state index contributed by atoms with van der Waals surface area (Å²) in [4.78, 5) is 21.4. The fourth-order valence-corrected chi connectivity index (χ4v) is 3.50. The van der Waals surface area contributed by atoms with E-state index in [1.807, 2.05) is 36.2 Å². The van der Waals surface area contributed by atoms with Crippen LogP contribution in [-0.4, -0.2) is 48.0 Å². The molecule has 1 saturated heterocycles. The van der Waals surface area contributed by atoms with Crippen LogP contribution in [0.1, 0.15) is 26.2 Å². The third kappa shape index (κ3) is 2.62. The molecule has 2 unspecified atom stereocenters. The Morgan fingerprint density at radius 3 is 2.67 bits per heavy atom. The summed E-state index contributed by atoms with van der Waals surface area (Å²) in [5.74, 6) is 1.24. The number of amides is 1. The van der Waals surface area contributed by atoms with Gasteiger partial charge in [0, 0.05) is 38.4 Å². The molecule has 0 aromatic carbocycles. The summed E-state index contributed by atoms with van der Waals surface area (Å²) in [5.41, 5.74) is 5.82. The first-order valence-electron chi connectivity index (χ1n) is 7.82. The Kier molecular flexibility index (Phi) is 3.85. The molecule has 1 saturated carbocycles. The number of pyridine rings is 1. The van der Waals surface area contributed by atoms with E-state index in [0.29, 0.717) is 0 Å². The van der Waals surface area contributed by atoms with Gasteiger partial charge in [-0.3, -0.25) is 4.79 Å². The Hall–Kier alpha value is -1.62. The number of carbonyl (C=O) groups is 1. The van der Waals surface area contributed by atoms with Gasteiger partial charge in [0.05, 0.1) is 5.41 Å². The normalized spacial score (nSPS) is 29.7. The first kappa shape index (κ1) is 14.3. The number of aromatic nitrogens is 1. The van der Waals surface area contributed by atoms with E-state index in [4.69, 9.17) is 5.73 Å². The molecule has 1 aliphatic heterocycles. The fourth-order valence-electron chi connectivity index (χ4n) is 3.50. The van der Waals surface area contributed by atoms with Crippen molar-refractivity contribution < 1.29 is 4.79 Å². The van der Waals surface area contributed by atoms with E-state index < -0.39 is 0 Å². The number of hydrogen-bond donors (Lipinski definition) is 1. The number of carbonyl (C=O) groups excluding carboxylic acids is 1. The highest BCUT2D eigenvalue weighted by Crippen LogP contribution is 2.38. The zero-order valence-electron chi connectivity index (χ0n) is 12.7. The van der Waals surface area contributed by atoms with Crippen LogP contribution in [0.15, 0.2) is 24.4 Å². The molecule has 1 aromatic heterocycles. The molecule has 3 rings (SSSR count). The van der Waals surface area contributed by atoms with Crippen molar-refractivity contribution in [3.8, 4) is 0 Å². The van der Waals surface area contributed by atoms with Crippen molar-refractivity contribution in [2.24, 2.45) is 11.1 Å². The molecule has 2 aliphatic rings. The van der Waals surface area contributed by atoms with Gasteiger partial charge in [-0.15, -0.1) is 0 Å². The average molecular weight is 288 g/mol. The second-order valence-corrected chi connectivity index (χ2v) is 6.38. The number of nitrogens with two attached hydrogens (primary N) is 1. The predicted octanol–water partition coefficient (Wildman–Crippen LogP) is 1.25. The molecule has 0 bridgehead atoms. The van der Waals surface area contributed by atoms with Crippen LogP contribution in [0.2, 0.25) is 0 Å². The number of rotatable bonds is 2. The third-order valence-electron chi connectivity index (χ3n) is 5.06. The molecule has 1 aromatic rings. The molecule has 5 heteroatoms. The van der Waals surface area contributed by atoms with Crippen LogP contribution >= 0.6 is 0 Å². The van der Waals surface area contributed by atoms with E-state index in [9.17, 15) is 4.79 Å². The van der Waals surface area contributed by atoms with Crippen molar-refractivity contribution in [3.05, 3.63) is 24.4 Å². The van der Waals surface area contributed by atoms with Crippen molar-refractivity contribution in [1.82, 2.24) is 9.88 Å². The van der Waals surface area contributed by atoms with Crippen molar-refractivity contribution in [1.29, 1.82) is 0 Å². The minimum Gasteiger partial charge on any atom is -0.353 e. The monoisotopic (exact) mass is 288 g/mol. The molecule has 0 spiro atoms. The van der Waals surface area contributed by atoms with Crippen molar-refractivity contribution in [3.63, 3.8) is 0 Å². The number of piperazine rings is 1. The topological polar surface area (TPSA) is 62.5 Å². The second-order valence-electron chi connectivity index (χ2n) is 6.38. The molecule has 1 aliphatic carbocycles. The van der Waals surface area contributed by atoms with Gasteiger partial charge in [0.2, 0.25) is 5.91 Å². The lowest BCUT2D eigenvalue weighted by Crippen LogP contribution is -2.55. The van der Waals surface area contributed by atoms with Gasteiger partial charge in [0.1, 0.15) is 5.82 Å². The Balaban J connectivity index is 1.62. The van der Waals surface area contributed by atoms with Crippen LogP contribution in [0.3, 0.4) is 0 Å². The lowest BCUT2D eigenvalue weighted by Gasteiger charge is -2.40. The quantitative estimate of drug-likeness (QED) is 0.889. The van der Waals surface area contributed by atoms with Crippen LogP contribution in [-0.2, 0) is 4.79 Å². The zero-order chi connectivity index (χ0) is 14.9. The largest absolute Gasteiger partial charge is 0.353 e. The molecular weight excluding hydrogens is 264 g/mol. The van der Waals surface area contributed by atoms with Gasteiger partial charge in [0.15, 0.2) is 0 Å². The Morgan fingerprint density at radius 2 is 2.10 bits per heavy atom. The number of hydrogen-bond acceptors (Lipinski definition) is 4. The molecule has 5 nitrogen and oxygen atoms in total. The summed E-state index contributed by atoms with van der Waals surface area (Å²) < 4.78 is 0. The molecule has 114 valence electrons. The Bertz CT molecular complexity index is 498. The Morgan fingerprint density at radius 1 is 1.33 bits per heavy atom. The van der Waals surface area contributed by atoms with E-state index in [0.717, 1.165) is 51.3 Å². The highest BCUT2D eigenvalue weighted by atomic mass is 16.2. The van der Waals surface area contributed by atoms with Crippen LogP contribution in [0.5, 0.6) is 0 Å². The molecular formula is C16H24N4O. The smallest absolute Gasteiger partial charge is 0.230 e. The summed E-state index contributed by atoms with van der Waals surface area (Å²) in [6.45, 7) is 5.25. The molecule has 0 radical (unpaired) electrons. The van der Waals surface area contributed by atoms with Crippen molar-refractivity contribution in [2.75, 3.05) is 31.1 Å². The maximum absolute atomic E-state index is 12.8. The van der Waals surface area contributed by atoms with Crippen LogP contribution < -0.4 is 10.6 Å². The average Bonchev–Trinajstić information content (AvgIpc) is 2.88. The lowest BCUT2D eigenvalue weighted by molar-refractivity contribution is -0.142. The zero-order valence-corrected chi connectivity index (χ0v) is 12.7. The first-order chi connectivity index (χ1) is 10.1. The fraction of sp³-hybridized carbons (Fsp3) is 0.625. The van der Waals surface area contributed by atoms with Gasteiger partial charge >= 0.3 is 0 Å². The van der Waals surface area contributed by atoms with E-state index in [-0.39, 0.29) is 17.4 Å². The Labute approximate surface area is 126 Å². The van der Waals surface area contributed by atoms with E-state index >= 15 is 0 Å². The van der Waals surface area contributed by atoms with E-state index in [1.165, 1.54) is 0 Å². The summed E-state index contributed by atoms with van der Waals surface area (Å²) in [5, 5.41) is 0. The van der Waals surface area contributed by atoms with Crippen LogP contribution in [0.25, 0.3) is 0 Å². The highest BCUT2D eigenvalue weighted by molar-refractivity contribution is 5.83. The van der Waals surface area contributed by atoms with E-state index in [2.05, 4.69) is 9.88 Å². The van der Waals surface area contributed by atoms with Gasteiger partial charge in [-0.2, -0.15) is 0 Å². The maximum Gasteiger partial charge on any atom is 0.230 e. The summed E-state index contributed by atoms with van der Waals surface area (Å²) in [6.07, 6.45) is 4.77. The summed E-state index contributed by atoms with van der Waals surface area (Å²) >= 11 is 0. The molecule has 21 heavy (non-hydrogen) atoms. The van der Waals surface area contributed by atoms with Gasteiger partial charge in [-0.1, -0.05) is 12.5 Å². The number of anilines is 1. The van der Waals surface area contributed by atoms with Gasteiger partial charge in [-0.05, 0) is 31.9 Å². The number of nitrogens with zero attached hydrogens (tertiary/aromatic N) is 3. The molecule has 2 heterocycles. The first-order valence-corrected chi connectivity index (χ1v) is 7.82. The van der Waals surface area contributed by atoms with Crippen molar-refractivity contribution in [2.45, 2.75) is 32.2 Å². The van der Waals surface area contributed by atoms with E-state index in [1.54, 1.807) is 0 Å². The predicted molar refractivity (Wildman–Crippen MR) is 83.0 cm³/mol.